The molecular weight excluding hydrogens is 170 g/mol. The molecule has 1 saturated carbocycles. The van der Waals surface area contributed by atoms with Crippen molar-refractivity contribution in [3.8, 4) is 0 Å². The highest BCUT2D eigenvalue weighted by atomic mass is 15.2. The zero-order valence-electron chi connectivity index (χ0n) is 9.76. The first kappa shape index (κ1) is 10.5. The Labute approximate surface area is 88.7 Å². The summed E-state index contributed by atoms with van der Waals surface area (Å²) in [4.78, 5) is 0. The summed E-state index contributed by atoms with van der Waals surface area (Å²) in [5, 5.41) is 3.72. The molecule has 0 aromatic carbocycles. The fraction of sp³-hybridized carbons (Fsp3) is 1.00. The summed E-state index contributed by atoms with van der Waals surface area (Å²) in [7, 11) is 0. The zero-order valence-corrected chi connectivity index (χ0v) is 9.76. The Hall–Kier alpha value is -0.0400. The highest BCUT2D eigenvalue weighted by Gasteiger charge is 2.49. The van der Waals surface area contributed by atoms with E-state index in [4.69, 9.17) is 0 Å². The summed E-state index contributed by atoms with van der Waals surface area (Å²) >= 11 is 0. The van der Waals surface area contributed by atoms with Crippen molar-refractivity contribution in [2.75, 3.05) is 0 Å². The Bertz CT molecular complexity index is 174. The van der Waals surface area contributed by atoms with Gasteiger partial charge in [-0.1, -0.05) is 33.1 Å². The predicted octanol–water partition coefficient (Wildman–Crippen LogP) is 3.34. The molecule has 1 N–H and O–H groups in total. The minimum atomic E-state index is 0.911. The minimum absolute atomic E-state index is 0.911. The van der Waals surface area contributed by atoms with Gasteiger partial charge in [0.2, 0.25) is 0 Å². The normalized spacial score (nSPS) is 33.0. The summed E-state index contributed by atoms with van der Waals surface area (Å²) in [6.45, 7) is 4.63. The van der Waals surface area contributed by atoms with Crippen molar-refractivity contribution in [3.63, 3.8) is 0 Å². The van der Waals surface area contributed by atoms with E-state index in [1.165, 1.54) is 44.9 Å². The molecule has 0 amide bonds. The average molecular weight is 195 g/mol. The molecule has 2 aliphatic rings. The molecule has 1 aliphatic carbocycles. The summed E-state index contributed by atoms with van der Waals surface area (Å²) in [6, 6.07) is 1.84. The first-order chi connectivity index (χ1) is 6.86. The maximum absolute atomic E-state index is 3.72. The Kier molecular flexibility index (Phi) is 3.48. The predicted molar refractivity (Wildman–Crippen MR) is 61.4 cm³/mol. The minimum Gasteiger partial charge on any atom is -0.308 e. The van der Waals surface area contributed by atoms with Gasteiger partial charge in [-0.05, 0) is 37.5 Å². The molecule has 14 heavy (non-hydrogen) atoms. The third kappa shape index (κ3) is 2.50. The van der Waals surface area contributed by atoms with Crippen molar-refractivity contribution < 1.29 is 0 Å². The summed E-state index contributed by atoms with van der Waals surface area (Å²) in [5.74, 6) is 2.06. The number of nitrogens with one attached hydrogen (secondary N) is 1. The van der Waals surface area contributed by atoms with E-state index in [-0.39, 0.29) is 0 Å². The van der Waals surface area contributed by atoms with Crippen LogP contribution < -0.4 is 5.32 Å². The van der Waals surface area contributed by atoms with Crippen LogP contribution in [0.3, 0.4) is 0 Å². The molecule has 2 rings (SSSR count). The van der Waals surface area contributed by atoms with Gasteiger partial charge >= 0.3 is 0 Å². The Morgan fingerprint density at radius 1 is 1.14 bits per heavy atom. The van der Waals surface area contributed by atoms with Crippen LogP contribution in [0.2, 0.25) is 0 Å². The molecule has 1 heterocycles. The van der Waals surface area contributed by atoms with Gasteiger partial charge in [-0.2, -0.15) is 0 Å². The standard InChI is InChI=1S/C13H25N/c1-3-5-7-10(6-4-2)12-13(14-12)11-8-9-11/h10-14H,3-9H2,1-2H3. The van der Waals surface area contributed by atoms with Crippen LogP contribution in [-0.2, 0) is 0 Å². The fourth-order valence-corrected chi connectivity index (χ4v) is 2.82. The van der Waals surface area contributed by atoms with Crippen LogP contribution in [0.5, 0.6) is 0 Å². The van der Waals surface area contributed by atoms with Gasteiger partial charge in [0.1, 0.15) is 0 Å². The van der Waals surface area contributed by atoms with Crippen molar-refractivity contribution in [2.45, 2.75) is 70.9 Å². The lowest BCUT2D eigenvalue weighted by atomic mass is 9.91. The summed E-state index contributed by atoms with van der Waals surface area (Å²) in [6.07, 6.45) is 10.1. The molecule has 1 saturated heterocycles. The quantitative estimate of drug-likeness (QED) is 0.618. The molecule has 3 atom stereocenters. The second kappa shape index (κ2) is 4.65. The lowest BCUT2D eigenvalue weighted by molar-refractivity contribution is 0.411. The van der Waals surface area contributed by atoms with Gasteiger partial charge in [0.25, 0.3) is 0 Å². The fourth-order valence-electron chi connectivity index (χ4n) is 2.82. The topological polar surface area (TPSA) is 21.9 Å². The zero-order chi connectivity index (χ0) is 9.97. The lowest BCUT2D eigenvalue weighted by Crippen LogP contribution is -2.12. The van der Waals surface area contributed by atoms with Crippen molar-refractivity contribution in [3.05, 3.63) is 0 Å². The second-order valence-electron chi connectivity index (χ2n) is 5.25. The molecule has 0 radical (unpaired) electrons. The molecule has 0 spiro atoms. The van der Waals surface area contributed by atoms with Gasteiger partial charge in [0.05, 0.1) is 0 Å². The van der Waals surface area contributed by atoms with Gasteiger partial charge in [0.15, 0.2) is 0 Å². The average Bonchev–Trinajstić information content (AvgIpc) is 3.03. The van der Waals surface area contributed by atoms with Crippen molar-refractivity contribution >= 4 is 0 Å². The van der Waals surface area contributed by atoms with E-state index >= 15 is 0 Å². The number of unbranched alkanes of at least 4 members (excludes halogenated alkanes) is 1. The number of rotatable bonds is 7. The molecule has 1 nitrogen and oxygen atoms in total. The van der Waals surface area contributed by atoms with Crippen LogP contribution >= 0.6 is 0 Å². The molecular formula is C13H25N. The Morgan fingerprint density at radius 3 is 2.50 bits per heavy atom. The van der Waals surface area contributed by atoms with Gasteiger partial charge < -0.3 is 5.32 Å². The van der Waals surface area contributed by atoms with Gasteiger partial charge in [-0.15, -0.1) is 0 Å². The smallest absolute Gasteiger partial charge is 0.0255 e. The van der Waals surface area contributed by atoms with Gasteiger partial charge in [-0.25, -0.2) is 0 Å². The molecule has 2 fully saturated rings. The monoisotopic (exact) mass is 195 g/mol. The third-order valence-corrected chi connectivity index (χ3v) is 3.89. The maximum Gasteiger partial charge on any atom is 0.0255 e. The SMILES string of the molecule is CCCCC(CCC)C1NC1C1CC1. The van der Waals surface area contributed by atoms with Crippen LogP contribution in [0.4, 0.5) is 0 Å². The van der Waals surface area contributed by atoms with Crippen LogP contribution in [-0.4, -0.2) is 12.1 Å². The van der Waals surface area contributed by atoms with Crippen molar-refractivity contribution in [1.29, 1.82) is 0 Å². The van der Waals surface area contributed by atoms with E-state index in [2.05, 4.69) is 19.2 Å². The van der Waals surface area contributed by atoms with Crippen LogP contribution in [0, 0.1) is 11.8 Å². The highest BCUT2D eigenvalue weighted by molar-refractivity contribution is 5.08. The largest absolute Gasteiger partial charge is 0.308 e. The number of hydrogen-bond donors (Lipinski definition) is 1. The van der Waals surface area contributed by atoms with Gasteiger partial charge in [0, 0.05) is 12.1 Å². The maximum atomic E-state index is 3.72. The van der Waals surface area contributed by atoms with Crippen LogP contribution in [0.25, 0.3) is 0 Å². The summed E-state index contributed by atoms with van der Waals surface area (Å²) < 4.78 is 0. The molecule has 1 heteroatoms. The van der Waals surface area contributed by atoms with E-state index < -0.39 is 0 Å². The molecule has 3 unspecified atom stereocenters. The highest BCUT2D eigenvalue weighted by Crippen LogP contribution is 2.43. The molecule has 82 valence electrons. The van der Waals surface area contributed by atoms with E-state index in [0.717, 1.165) is 23.9 Å². The Morgan fingerprint density at radius 2 is 1.93 bits per heavy atom. The Balaban J connectivity index is 1.72. The molecule has 0 aromatic heterocycles. The van der Waals surface area contributed by atoms with Crippen LogP contribution in [0.15, 0.2) is 0 Å². The molecule has 0 bridgehead atoms. The molecule has 1 aliphatic heterocycles. The number of hydrogen-bond acceptors (Lipinski definition) is 1. The second-order valence-corrected chi connectivity index (χ2v) is 5.25. The van der Waals surface area contributed by atoms with E-state index in [0.29, 0.717) is 0 Å². The van der Waals surface area contributed by atoms with E-state index in [9.17, 15) is 0 Å². The van der Waals surface area contributed by atoms with Crippen molar-refractivity contribution in [1.82, 2.24) is 5.32 Å². The lowest BCUT2D eigenvalue weighted by Gasteiger charge is -2.14. The first-order valence-corrected chi connectivity index (χ1v) is 6.62. The third-order valence-electron chi connectivity index (χ3n) is 3.89. The van der Waals surface area contributed by atoms with E-state index in [1.807, 2.05) is 0 Å². The molecule has 0 aromatic rings. The van der Waals surface area contributed by atoms with Crippen LogP contribution in [0.1, 0.15) is 58.8 Å². The van der Waals surface area contributed by atoms with Crippen molar-refractivity contribution in [2.24, 2.45) is 11.8 Å². The van der Waals surface area contributed by atoms with Gasteiger partial charge in [-0.3, -0.25) is 0 Å². The first-order valence-electron chi connectivity index (χ1n) is 6.62. The summed E-state index contributed by atoms with van der Waals surface area (Å²) in [5.41, 5.74) is 0. The van der Waals surface area contributed by atoms with E-state index in [1.54, 1.807) is 0 Å².